The van der Waals surface area contributed by atoms with Gasteiger partial charge in [-0.15, -0.1) is 0 Å². The number of carbonyl (C=O) groups is 2. The molecule has 2 fully saturated rings. The van der Waals surface area contributed by atoms with Crippen LogP contribution in [0.3, 0.4) is 0 Å². The van der Waals surface area contributed by atoms with Crippen LogP contribution in [-0.4, -0.2) is 35.8 Å². The molecule has 2 amide bonds. The molecule has 2 aliphatic rings. The predicted molar refractivity (Wildman–Crippen MR) is 130 cm³/mol. The number of nitrogens with one attached hydrogen (secondary N) is 1. The molecule has 0 spiro atoms. The quantitative estimate of drug-likeness (QED) is 0.662. The molecule has 176 valence electrons. The number of rotatable bonds is 7. The standard InChI is InChI=1S/C28H36N2O3/c1-21-8-5-6-12-24(21)20-33-26-13-7-9-22(18-26)19-27(31)29-25-14-16-30(17-15-25)28(32)23-10-3-2-4-11-23/h5-9,12-13,18,23,25H,2-4,10-11,14-17,19-20H2,1H3,(H,29,31). The zero-order valence-corrected chi connectivity index (χ0v) is 19.7. The van der Waals surface area contributed by atoms with Gasteiger partial charge in [-0.3, -0.25) is 9.59 Å². The van der Waals surface area contributed by atoms with E-state index >= 15 is 0 Å². The maximum absolute atomic E-state index is 12.7. The van der Waals surface area contributed by atoms with Gasteiger partial charge in [0.25, 0.3) is 0 Å². The van der Waals surface area contributed by atoms with Gasteiger partial charge in [0.2, 0.25) is 11.8 Å². The lowest BCUT2D eigenvalue weighted by molar-refractivity contribution is -0.137. The molecule has 2 aromatic carbocycles. The van der Waals surface area contributed by atoms with Crippen molar-refractivity contribution in [2.24, 2.45) is 5.92 Å². The molecular weight excluding hydrogens is 412 g/mol. The van der Waals surface area contributed by atoms with Crippen molar-refractivity contribution in [3.63, 3.8) is 0 Å². The Bertz CT molecular complexity index is 944. The van der Waals surface area contributed by atoms with Gasteiger partial charge in [0.15, 0.2) is 0 Å². The lowest BCUT2D eigenvalue weighted by Gasteiger charge is -2.35. The number of benzene rings is 2. The summed E-state index contributed by atoms with van der Waals surface area (Å²) in [5.74, 6) is 1.37. The Labute approximate surface area is 197 Å². The number of carbonyl (C=O) groups excluding carboxylic acids is 2. The number of amides is 2. The molecule has 1 aliphatic carbocycles. The van der Waals surface area contributed by atoms with Crippen LogP contribution in [0.2, 0.25) is 0 Å². The van der Waals surface area contributed by atoms with Crippen LogP contribution in [0, 0.1) is 12.8 Å². The highest BCUT2D eigenvalue weighted by Gasteiger charge is 2.29. The van der Waals surface area contributed by atoms with E-state index in [2.05, 4.69) is 24.4 Å². The van der Waals surface area contributed by atoms with E-state index in [1.54, 1.807) is 0 Å². The second-order valence-electron chi connectivity index (χ2n) is 9.54. The Balaban J connectivity index is 1.22. The van der Waals surface area contributed by atoms with Crippen LogP contribution < -0.4 is 10.1 Å². The van der Waals surface area contributed by atoms with Crippen molar-refractivity contribution in [1.29, 1.82) is 0 Å². The van der Waals surface area contributed by atoms with E-state index in [-0.39, 0.29) is 17.9 Å². The van der Waals surface area contributed by atoms with E-state index in [1.165, 1.54) is 24.8 Å². The molecule has 1 saturated carbocycles. The number of ether oxygens (including phenoxy) is 1. The molecule has 1 saturated heterocycles. The van der Waals surface area contributed by atoms with Gasteiger partial charge in [-0.25, -0.2) is 0 Å². The van der Waals surface area contributed by atoms with Crippen molar-refractivity contribution in [2.45, 2.75) is 70.9 Å². The summed E-state index contributed by atoms with van der Waals surface area (Å²) in [7, 11) is 0. The number of aryl methyl sites for hydroxylation is 1. The second-order valence-corrected chi connectivity index (χ2v) is 9.54. The van der Waals surface area contributed by atoms with Crippen LogP contribution in [-0.2, 0) is 22.6 Å². The fourth-order valence-corrected chi connectivity index (χ4v) is 4.99. The van der Waals surface area contributed by atoms with Crippen LogP contribution in [0.5, 0.6) is 5.75 Å². The minimum Gasteiger partial charge on any atom is -0.489 e. The summed E-state index contributed by atoms with van der Waals surface area (Å²) < 4.78 is 5.96. The average Bonchev–Trinajstić information content (AvgIpc) is 2.84. The SMILES string of the molecule is Cc1ccccc1COc1cccc(CC(=O)NC2CCN(C(=O)C3CCCCC3)CC2)c1. The molecule has 0 radical (unpaired) electrons. The summed E-state index contributed by atoms with van der Waals surface area (Å²) in [6.45, 7) is 4.10. The molecule has 0 bridgehead atoms. The number of hydrogen-bond acceptors (Lipinski definition) is 3. The number of hydrogen-bond donors (Lipinski definition) is 1. The summed E-state index contributed by atoms with van der Waals surface area (Å²) in [4.78, 5) is 27.4. The van der Waals surface area contributed by atoms with Gasteiger partial charge in [0.05, 0.1) is 6.42 Å². The number of nitrogens with zero attached hydrogens (tertiary/aromatic N) is 1. The van der Waals surface area contributed by atoms with Crippen molar-refractivity contribution >= 4 is 11.8 Å². The molecular formula is C28H36N2O3. The molecule has 4 rings (SSSR count). The highest BCUT2D eigenvalue weighted by Crippen LogP contribution is 2.26. The van der Waals surface area contributed by atoms with Crippen LogP contribution in [0.15, 0.2) is 48.5 Å². The molecule has 0 unspecified atom stereocenters. The minimum absolute atomic E-state index is 0.0307. The Hall–Kier alpha value is -2.82. The molecule has 1 heterocycles. The minimum atomic E-state index is 0.0307. The topological polar surface area (TPSA) is 58.6 Å². The van der Waals surface area contributed by atoms with Gasteiger partial charge in [0, 0.05) is 25.0 Å². The molecule has 5 nitrogen and oxygen atoms in total. The third-order valence-corrected chi connectivity index (χ3v) is 7.04. The molecule has 2 aromatic rings. The highest BCUT2D eigenvalue weighted by molar-refractivity contribution is 5.80. The van der Waals surface area contributed by atoms with Gasteiger partial charge >= 0.3 is 0 Å². The van der Waals surface area contributed by atoms with Crippen molar-refractivity contribution in [2.75, 3.05) is 13.1 Å². The lowest BCUT2D eigenvalue weighted by atomic mass is 9.87. The van der Waals surface area contributed by atoms with Crippen molar-refractivity contribution < 1.29 is 14.3 Å². The number of likely N-dealkylation sites (tertiary alicyclic amines) is 1. The first kappa shape index (κ1) is 23.3. The summed E-state index contributed by atoms with van der Waals surface area (Å²) in [5.41, 5.74) is 3.31. The normalized spacial score (nSPS) is 17.5. The maximum atomic E-state index is 12.7. The van der Waals surface area contributed by atoms with E-state index < -0.39 is 0 Å². The molecule has 5 heteroatoms. The van der Waals surface area contributed by atoms with Crippen LogP contribution in [0.1, 0.15) is 61.6 Å². The Morgan fingerprint density at radius 3 is 2.48 bits per heavy atom. The maximum Gasteiger partial charge on any atom is 0.225 e. The number of piperidine rings is 1. The van der Waals surface area contributed by atoms with Gasteiger partial charge in [-0.1, -0.05) is 55.7 Å². The largest absolute Gasteiger partial charge is 0.489 e. The van der Waals surface area contributed by atoms with E-state index in [0.717, 1.165) is 55.6 Å². The van der Waals surface area contributed by atoms with Crippen LogP contribution in [0.25, 0.3) is 0 Å². The fraction of sp³-hybridized carbons (Fsp3) is 0.500. The van der Waals surface area contributed by atoms with Crippen molar-refractivity contribution in [3.05, 3.63) is 65.2 Å². The van der Waals surface area contributed by atoms with E-state index in [1.807, 2.05) is 41.3 Å². The highest BCUT2D eigenvalue weighted by atomic mass is 16.5. The third kappa shape index (κ3) is 6.59. The first-order chi connectivity index (χ1) is 16.1. The first-order valence-corrected chi connectivity index (χ1v) is 12.4. The summed E-state index contributed by atoms with van der Waals surface area (Å²) in [6, 6.07) is 16.1. The van der Waals surface area contributed by atoms with Crippen LogP contribution in [0.4, 0.5) is 0 Å². The van der Waals surface area contributed by atoms with Gasteiger partial charge in [-0.05, 0) is 61.4 Å². The molecule has 1 aliphatic heterocycles. The van der Waals surface area contributed by atoms with E-state index in [9.17, 15) is 9.59 Å². The van der Waals surface area contributed by atoms with Gasteiger partial charge < -0.3 is 15.0 Å². The summed E-state index contributed by atoms with van der Waals surface area (Å²) in [5, 5.41) is 3.17. The Morgan fingerprint density at radius 1 is 0.970 bits per heavy atom. The Kier molecular flexibility index (Phi) is 8.03. The third-order valence-electron chi connectivity index (χ3n) is 7.04. The average molecular weight is 449 g/mol. The lowest BCUT2D eigenvalue weighted by Crippen LogP contribution is -2.48. The fourth-order valence-electron chi connectivity index (χ4n) is 4.99. The second kappa shape index (κ2) is 11.4. The van der Waals surface area contributed by atoms with Crippen molar-refractivity contribution in [3.8, 4) is 5.75 Å². The van der Waals surface area contributed by atoms with Crippen molar-refractivity contribution in [1.82, 2.24) is 10.2 Å². The smallest absolute Gasteiger partial charge is 0.225 e. The zero-order chi connectivity index (χ0) is 23.0. The molecule has 0 atom stereocenters. The summed E-state index contributed by atoms with van der Waals surface area (Å²) in [6.07, 6.45) is 7.73. The van der Waals surface area contributed by atoms with Crippen LogP contribution >= 0.6 is 0 Å². The molecule has 33 heavy (non-hydrogen) atoms. The first-order valence-electron chi connectivity index (χ1n) is 12.4. The monoisotopic (exact) mass is 448 g/mol. The summed E-state index contributed by atoms with van der Waals surface area (Å²) >= 11 is 0. The zero-order valence-electron chi connectivity index (χ0n) is 19.7. The predicted octanol–water partition coefficient (Wildman–Crippen LogP) is 4.80. The molecule has 1 N–H and O–H groups in total. The van der Waals surface area contributed by atoms with E-state index in [4.69, 9.17) is 4.74 Å². The van der Waals surface area contributed by atoms with Gasteiger partial charge in [-0.2, -0.15) is 0 Å². The Morgan fingerprint density at radius 2 is 1.73 bits per heavy atom. The van der Waals surface area contributed by atoms with Gasteiger partial charge in [0.1, 0.15) is 12.4 Å². The van der Waals surface area contributed by atoms with E-state index in [0.29, 0.717) is 18.9 Å². The molecule has 0 aromatic heterocycles.